The molecule has 3 saturated heterocycles. The van der Waals surface area contributed by atoms with Gasteiger partial charge in [-0.2, -0.15) is 4.98 Å². The molecule has 0 spiro atoms. The molecule has 14 heteroatoms. The van der Waals surface area contributed by atoms with Crippen molar-refractivity contribution in [3.05, 3.63) is 70.8 Å². The number of nitrogens with zero attached hydrogens (tertiary/aromatic N) is 6. The molecular formula is C33H40N8O6. The Morgan fingerprint density at radius 1 is 1.06 bits per heavy atom. The van der Waals surface area contributed by atoms with Crippen molar-refractivity contribution in [1.82, 2.24) is 29.1 Å². The number of ether oxygens (including phenoxy) is 4. The van der Waals surface area contributed by atoms with Gasteiger partial charge in [0.25, 0.3) is 5.91 Å². The highest BCUT2D eigenvalue weighted by molar-refractivity contribution is 6.06. The summed E-state index contributed by atoms with van der Waals surface area (Å²) in [5.74, 6) is -0.223. The lowest BCUT2D eigenvalue weighted by Crippen LogP contribution is -2.30. The predicted molar refractivity (Wildman–Crippen MR) is 171 cm³/mol. The minimum Gasteiger partial charge on any atom is -0.383 e. The molecule has 7 rings (SSSR count). The van der Waals surface area contributed by atoms with Gasteiger partial charge in [-0.3, -0.25) is 13.9 Å². The average Bonchev–Trinajstić information content (AvgIpc) is 3.80. The number of hydrogen-bond donors (Lipinski definition) is 2. The lowest BCUT2D eigenvalue weighted by Gasteiger charge is -2.25. The fourth-order valence-electron chi connectivity index (χ4n) is 6.97. The van der Waals surface area contributed by atoms with Crippen molar-refractivity contribution in [3.8, 4) is 0 Å². The summed E-state index contributed by atoms with van der Waals surface area (Å²) in [6, 6.07) is 8.90. The Bertz CT molecular complexity index is 1830. The van der Waals surface area contributed by atoms with Crippen molar-refractivity contribution in [2.24, 2.45) is 5.92 Å². The third kappa shape index (κ3) is 6.02. The quantitative estimate of drug-likeness (QED) is 0.270. The number of benzene rings is 1. The minimum atomic E-state index is -0.811. The van der Waals surface area contributed by atoms with Crippen molar-refractivity contribution in [2.45, 2.75) is 102 Å². The predicted octanol–water partition coefficient (Wildman–Crippen LogP) is 3.99. The third-order valence-corrected chi connectivity index (χ3v) is 9.27. The van der Waals surface area contributed by atoms with Gasteiger partial charge in [-0.05, 0) is 64.0 Å². The fourth-order valence-corrected chi connectivity index (χ4v) is 6.97. The second-order valence-electron chi connectivity index (χ2n) is 13.0. The molecule has 1 aromatic carbocycles. The van der Waals surface area contributed by atoms with Crippen LogP contribution >= 0.6 is 0 Å². The zero-order valence-electron chi connectivity index (χ0n) is 26.9. The molecule has 1 amide bonds. The molecule has 6 heterocycles. The van der Waals surface area contributed by atoms with Crippen molar-refractivity contribution >= 4 is 28.7 Å². The lowest BCUT2D eigenvalue weighted by molar-refractivity contribution is -0.197. The first kappa shape index (κ1) is 31.4. The minimum absolute atomic E-state index is 0.116. The SMILES string of the molecule is CC[C@H]1O[C@@H](n2cc(CCC[C@H]3O[C@@H](n4cnc5c(NC(=O)c6ccccc6)ncnc54)[C@@H]4OC(C)(C)O[C@@H]43)c(N)nc2=O)C[C@@H]1C. The van der Waals surface area contributed by atoms with E-state index in [1.165, 1.54) is 6.33 Å². The summed E-state index contributed by atoms with van der Waals surface area (Å²) >= 11 is 0. The zero-order chi connectivity index (χ0) is 32.9. The number of hydrogen-bond acceptors (Lipinski definition) is 11. The molecule has 0 saturated carbocycles. The van der Waals surface area contributed by atoms with Crippen LogP contribution in [0.4, 0.5) is 11.6 Å². The van der Waals surface area contributed by atoms with Gasteiger partial charge < -0.3 is 30.0 Å². The summed E-state index contributed by atoms with van der Waals surface area (Å²) in [5.41, 5.74) is 8.03. The Balaban J connectivity index is 1.08. The molecule has 3 aliphatic heterocycles. The molecule has 7 atom stereocenters. The maximum absolute atomic E-state index is 12.8. The van der Waals surface area contributed by atoms with Crippen LogP contribution in [0.15, 0.2) is 54.0 Å². The van der Waals surface area contributed by atoms with E-state index >= 15 is 0 Å². The van der Waals surface area contributed by atoms with Crippen molar-refractivity contribution < 1.29 is 23.7 Å². The van der Waals surface area contributed by atoms with Gasteiger partial charge in [0.2, 0.25) is 0 Å². The maximum atomic E-state index is 12.8. The Kier molecular flexibility index (Phi) is 8.28. The third-order valence-electron chi connectivity index (χ3n) is 9.27. The van der Waals surface area contributed by atoms with E-state index in [0.29, 0.717) is 47.7 Å². The number of amides is 1. The van der Waals surface area contributed by atoms with Crippen LogP contribution in [0, 0.1) is 5.92 Å². The smallest absolute Gasteiger partial charge is 0.351 e. The Morgan fingerprint density at radius 2 is 1.85 bits per heavy atom. The topological polar surface area (TPSA) is 171 Å². The molecule has 3 aliphatic rings. The van der Waals surface area contributed by atoms with Crippen LogP contribution in [0.25, 0.3) is 11.2 Å². The number of nitrogen functional groups attached to an aromatic ring is 1. The monoisotopic (exact) mass is 644 g/mol. The number of aromatic nitrogens is 6. The van der Waals surface area contributed by atoms with E-state index in [4.69, 9.17) is 24.7 Å². The van der Waals surface area contributed by atoms with E-state index in [1.807, 2.05) is 24.5 Å². The van der Waals surface area contributed by atoms with E-state index < -0.39 is 23.8 Å². The largest absolute Gasteiger partial charge is 0.383 e. The van der Waals surface area contributed by atoms with Crippen LogP contribution < -0.4 is 16.7 Å². The highest BCUT2D eigenvalue weighted by Crippen LogP contribution is 2.45. The van der Waals surface area contributed by atoms with E-state index in [0.717, 1.165) is 18.4 Å². The van der Waals surface area contributed by atoms with Gasteiger partial charge in [-0.1, -0.05) is 32.0 Å². The number of aryl methyl sites for hydroxylation is 1. The summed E-state index contributed by atoms with van der Waals surface area (Å²) < 4.78 is 28.8. The number of nitrogens with one attached hydrogen (secondary N) is 1. The van der Waals surface area contributed by atoms with Crippen LogP contribution in [0.3, 0.4) is 0 Å². The summed E-state index contributed by atoms with van der Waals surface area (Å²) in [5, 5.41) is 2.85. The Hall–Kier alpha value is -4.24. The lowest BCUT2D eigenvalue weighted by atomic mass is 10.0. The maximum Gasteiger partial charge on any atom is 0.351 e. The molecule has 3 fully saturated rings. The van der Waals surface area contributed by atoms with Crippen molar-refractivity contribution in [2.75, 3.05) is 11.1 Å². The van der Waals surface area contributed by atoms with Gasteiger partial charge in [0.1, 0.15) is 30.6 Å². The van der Waals surface area contributed by atoms with E-state index in [-0.39, 0.29) is 36.3 Å². The molecule has 14 nitrogen and oxygen atoms in total. The van der Waals surface area contributed by atoms with Gasteiger partial charge in [0.05, 0.1) is 18.5 Å². The normalized spacial score (nSPS) is 28.1. The first-order valence-corrected chi connectivity index (χ1v) is 16.2. The van der Waals surface area contributed by atoms with Crippen LogP contribution in [0.5, 0.6) is 0 Å². The average molecular weight is 645 g/mol. The Labute approximate surface area is 271 Å². The second-order valence-corrected chi connectivity index (χ2v) is 13.0. The molecule has 248 valence electrons. The standard InChI is InChI=1S/C33H40N8O6/c1-5-21-18(2)14-23(44-21)40-15-20(27(34)38-32(40)43)12-9-13-22-25-26(47-33(3,4)46-25)31(45-22)41-17-37-24-28(35-16-36-29(24)41)39-30(42)19-10-7-6-8-11-19/h6-8,10-11,15-18,21-23,25-26,31H,5,9,12-14H2,1-4H3,(H2,34,38,43)(H,35,36,39,42)/t18-,21+,22+,23+,25+,26+,31+/m0/s1. The molecule has 3 aromatic heterocycles. The first-order chi connectivity index (χ1) is 22.6. The summed E-state index contributed by atoms with van der Waals surface area (Å²) in [4.78, 5) is 43.0. The van der Waals surface area contributed by atoms with Gasteiger partial charge in [-0.15, -0.1) is 0 Å². The van der Waals surface area contributed by atoms with Crippen LogP contribution in [-0.2, 0) is 25.4 Å². The fraction of sp³-hybridized carbons (Fsp3) is 0.515. The van der Waals surface area contributed by atoms with Crippen molar-refractivity contribution in [1.29, 1.82) is 0 Å². The van der Waals surface area contributed by atoms with Gasteiger partial charge in [0, 0.05) is 17.3 Å². The first-order valence-electron chi connectivity index (χ1n) is 16.2. The molecule has 47 heavy (non-hydrogen) atoms. The molecule has 3 N–H and O–H groups in total. The number of fused-ring (bicyclic) bond motifs is 2. The summed E-state index contributed by atoms with van der Waals surface area (Å²) in [6.07, 6.45) is 6.53. The molecule has 4 aromatic rings. The number of carbonyl (C=O) groups is 1. The van der Waals surface area contributed by atoms with E-state index in [2.05, 4.69) is 39.1 Å². The number of anilines is 2. The highest BCUT2D eigenvalue weighted by atomic mass is 16.8. The summed E-state index contributed by atoms with van der Waals surface area (Å²) in [6.45, 7) is 8.00. The highest BCUT2D eigenvalue weighted by Gasteiger charge is 2.55. The molecule has 0 unspecified atom stereocenters. The molecule has 0 radical (unpaired) electrons. The van der Waals surface area contributed by atoms with Crippen molar-refractivity contribution in [3.63, 3.8) is 0 Å². The van der Waals surface area contributed by atoms with Gasteiger partial charge >= 0.3 is 5.69 Å². The van der Waals surface area contributed by atoms with Gasteiger partial charge in [0.15, 0.2) is 29.0 Å². The number of imidazole rings is 1. The number of carbonyl (C=O) groups excluding carboxylic acids is 1. The number of rotatable bonds is 9. The summed E-state index contributed by atoms with van der Waals surface area (Å²) in [7, 11) is 0. The zero-order valence-corrected chi connectivity index (χ0v) is 26.9. The van der Waals surface area contributed by atoms with Crippen LogP contribution in [-0.4, -0.2) is 65.2 Å². The van der Waals surface area contributed by atoms with Crippen LogP contribution in [0.2, 0.25) is 0 Å². The second kappa shape index (κ2) is 12.4. The van der Waals surface area contributed by atoms with E-state index in [1.54, 1.807) is 41.4 Å². The Morgan fingerprint density at radius 3 is 2.62 bits per heavy atom. The molecule has 0 aliphatic carbocycles. The molecule has 0 bridgehead atoms. The van der Waals surface area contributed by atoms with E-state index in [9.17, 15) is 9.59 Å². The van der Waals surface area contributed by atoms with Crippen LogP contribution in [0.1, 0.15) is 81.8 Å². The molecular weight excluding hydrogens is 604 g/mol. The van der Waals surface area contributed by atoms with Gasteiger partial charge in [-0.25, -0.2) is 19.7 Å². The number of nitrogens with two attached hydrogens (primary N) is 1.